The lowest BCUT2D eigenvalue weighted by atomic mass is 10.1. The van der Waals surface area contributed by atoms with Crippen molar-refractivity contribution in [3.05, 3.63) is 65.0 Å². The molecule has 0 aromatic heterocycles. The van der Waals surface area contributed by atoms with Crippen LogP contribution in [0.5, 0.6) is 0 Å². The summed E-state index contributed by atoms with van der Waals surface area (Å²) in [7, 11) is 0. The highest BCUT2D eigenvalue weighted by molar-refractivity contribution is 5.51. The molecule has 0 saturated heterocycles. The highest BCUT2D eigenvalue weighted by Gasteiger charge is 2.07. The number of benzene rings is 2. The van der Waals surface area contributed by atoms with E-state index in [-0.39, 0.29) is 5.56 Å². The summed E-state index contributed by atoms with van der Waals surface area (Å²) in [5.74, 6) is -0.438. The van der Waals surface area contributed by atoms with Crippen molar-refractivity contribution in [3.63, 3.8) is 0 Å². The Labute approximate surface area is 112 Å². The second kappa shape index (κ2) is 6.01. The predicted molar refractivity (Wildman–Crippen MR) is 74.3 cm³/mol. The van der Waals surface area contributed by atoms with Gasteiger partial charge < -0.3 is 5.32 Å². The molecule has 0 amide bonds. The maximum Gasteiger partial charge on any atom is 0.145 e. The minimum atomic E-state index is -0.438. The Morgan fingerprint density at radius 3 is 2.58 bits per heavy atom. The summed E-state index contributed by atoms with van der Waals surface area (Å²) in [6.07, 6.45) is 0.921. The van der Waals surface area contributed by atoms with Crippen molar-refractivity contribution in [2.24, 2.45) is 0 Å². The highest BCUT2D eigenvalue weighted by Crippen LogP contribution is 2.18. The molecule has 2 rings (SSSR count). The number of nitrogens with one attached hydrogen (secondary N) is 1. The Kier molecular flexibility index (Phi) is 4.15. The number of aryl methyl sites for hydroxylation is 1. The molecule has 1 N–H and O–H groups in total. The molecule has 0 aliphatic heterocycles. The van der Waals surface area contributed by atoms with E-state index in [1.807, 2.05) is 30.3 Å². The topological polar surface area (TPSA) is 35.8 Å². The van der Waals surface area contributed by atoms with Crippen molar-refractivity contribution in [1.82, 2.24) is 0 Å². The molecular formula is C16H15FN2. The second-order valence-electron chi connectivity index (χ2n) is 4.25. The number of hydrogen-bond donors (Lipinski definition) is 1. The largest absolute Gasteiger partial charge is 0.381 e. The van der Waals surface area contributed by atoms with E-state index in [1.165, 1.54) is 11.6 Å². The van der Waals surface area contributed by atoms with Crippen LogP contribution < -0.4 is 5.32 Å². The lowest BCUT2D eigenvalue weighted by Gasteiger charge is -2.11. The normalized spacial score (nSPS) is 9.95. The van der Waals surface area contributed by atoms with Crippen LogP contribution in [0.4, 0.5) is 10.1 Å². The number of hydrogen-bond acceptors (Lipinski definition) is 2. The first kappa shape index (κ1) is 13.1. The summed E-state index contributed by atoms with van der Waals surface area (Å²) in [5.41, 5.74) is 2.79. The number of rotatable bonds is 4. The van der Waals surface area contributed by atoms with Gasteiger partial charge in [0.05, 0.1) is 5.56 Å². The first-order chi connectivity index (χ1) is 9.26. The third-order valence-corrected chi connectivity index (χ3v) is 3.07. The number of nitriles is 1. The molecule has 0 radical (unpaired) electrons. The first-order valence-electron chi connectivity index (χ1n) is 6.25. The molecule has 0 spiro atoms. The zero-order chi connectivity index (χ0) is 13.7. The van der Waals surface area contributed by atoms with Crippen molar-refractivity contribution in [1.29, 1.82) is 5.26 Å². The molecule has 2 nitrogen and oxygen atoms in total. The fraction of sp³-hybridized carbons (Fsp3) is 0.188. The van der Waals surface area contributed by atoms with E-state index in [0.29, 0.717) is 12.1 Å². The smallest absolute Gasteiger partial charge is 0.145 e. The summed E-state index contributed by atoms with van der Waals surface area (Å²) < 4.78 is 13.9. The lowest BCUT2D eigenvalue weighted by Crippen LogP contribution is -2.04. The Morgan fingerprint density at radius 2 is 1.84 bits per heavy atom. The molecular weight excluding hydrogens is 239 g/mol. The monoisotopic (exact) mass is 254 g/mol. The maximum atomic E-state index is 13.9. The zero-order valence-corrected chi connectivity index (χ0v) is 10.8. The second-order valence-corrected chi connectivity index (χ2v) is 4.25. The van der Waals surface area contributed by atoms with Gasteiger partial charge in [-0.2, -0.15) is 5.26 Å². The minimum absolute atomic E-state index is 0.0862. The molecule has 0 aliphatic rings. The van der Waals surface area contributed by atoms with Crippen LogP contribution in [0.15, 0.2) is 42.5 Å². The molecule has 19 heavy (non-hydrogen) atoms. The molecule has 0 aliphatic carbocycles. The van der Waals surface area contributed by atoms with Gasteiger partial charge in [0, 0.05) is 17.8 Å². The molecule has 2 aromatic rings. The summed E-state index contributed by atoms with van der Waals surface area (Å²) in [4.78, 5) is 0. The Bertz CT molecular complexity index is 614. The van der Waals surface area contributed by atoms with Crippen LogP contribution in [0.2, 0.25) is 0 Å². The van der Waals surface area contributed by atoms with Crippen LogP contribution >= 0.6 is 0 Å². The van der Waals surface area contributed by atoms with E-state index in [9.17, 15) is 4.39 Å². The average Bonchev–Trinajstić information content (AvgIpc) is 2.46. The molecule has 3 heteroatoms. The van der Waals surface area contributed by atoms with E-state index in [4.69, 9.17) is 5.26 Å². The van der Waals surface area contributed by atoms with Crippen molar-refractivity contribution in [3.8, 4) is 6.07 Å². The molecule has 2 aromatic carbocycles. The van der Waals surface area contributed by atoms with Crippen molar-refractivity contribution in [2.45, 2.75) is 19.9 Å². The quantitative estimate of drug-likeness (QED) is 0.899. The lowest BCUT2D eigenvalue weighted by molar-refractivity contribution is 0.609. The Morgan fingerprint density at radius 1 is 1.11 bits per heavy atom. The first-order valence-corrected chi connectivity index (χ1v) is 6.25. The number of nitrogens with zero attached hydrogens (tertiary/aromatic N) is 1. The van der Waals surface area contributed by atoms with Gasteiger partial charge in [0.25, 0.3) is 0 Å². The minimum Gasteiger partial charge on any atom is -0.381 e. The van der Waals surface area contributed by atoms with Crippen LogP contribution in [0.25, 0.3) is 0 Å². The summed E-state index contributed by atoms with van der Waals surface area (Å²) in [6, 6.07) is 14.7. The highest BCUT2D eigenvalue weighted by atomic mass is 19.1. The van der Waals surface area contributed by atoms with Gasteiger partial charge in [0.1, 0.15) is 11.9 Å². The zero-order valence-electron chi connectivity index (χ0n) is 10.8. The average molecular weight is 254 g/mol. The van der Waals surface area contributed by atoms with Crippen LogP contribution in [0.3, 0.4) is 0 Å². The molecule has 0 fully saturated rings. The third kappa shape index (κ3) is 2.92. The van der Waals surface area contributed by atoms with Gasteiger partial charge in [-0.3, -0.25) is 0 Å². The van der Waals surface area contributed by atoms with Crippen molar-refractivity contribution >= 4 is 5.69 Å². The summed E-state index contributed by atoms with van der Waals surface area (Å²) in [6.45, 7) is 2.45. The Hall–Kier alpha value is -2.34. The van der Waals surface area contributed by atoms with Gasteiger partial charge >= 0.3 is 0 Å². The van der Waals surface area contributed by atoms with Gasteiger partial charge in [-0.1, -0.05) is 37.3 Å². The maximum absolute atomic E-state index is 13.9. The predicted octanol–water partition coefficient (Wildman–Crippen LogP) is 3.87. The number of para-hydroxylation sites is 1. The number of halogens is 1. The van der Waals surface area contributed by atoms with Gasteiger partial charge in [0.15, 0.2) is 0 Å². The molecule has 0 saturated carbocycles. The van der Waals surface area contributed by atoms with Crippen LogP contribution in [-0.4, -0.2) is 0 Å². The molecule has 0 heterocycles. The van der Waals surface area contributed by atoms with E-state index in [2.05, 4.69) is 12.2 Å². The summed E-state index contributed by atoms with van der Waals surface area (Å²) in [5, 5.41) is 12.0. The standard InChI is InChI=1S/C16H15FN2/c1-2-12-6-3-4-9-15(12)19-11-14-8-5-7-13(10-18)16(14)17/h3-9,19H,2,11H2,1H3. The van der Waals surface area contributed by atoms with Gasteiger partial charge in [-0.05, 0) is 24.1 Å². The van der Waals surface area contributed by atoms with Crippen LogP contribution in [-0.2, 0) is 13.0 Å². The SMILES string of the molecule is CCc1ccccc1NCc1cccc(C#N)c1F. The molecule has 0 unspecified atom stereocenters. The van der Waals surface area contributed by atoms with Gasteiger partial charge in [-0.15, -0.1) is 0 Å². The molecule has 0 bridgehead atoms. The fourth-order valence-corrected chi connectivity index (χ4v) is 1.99. The van der Waals surface area contributed by atoms with Crippen LogP contribution in [0.1, 0.15) is 23.6 Å². The van der Waals surface area contributed by atoms with E-state index in [0.717, 1.165) is 12.1 Å². The van der Waals surface area contributed by atoms with Crippen LogP contribution in [0, 0.1) is 17.1 Å². The van der Waals surface area contributed by atoms with Crippen molar-refractivity contribution < 1.29 is 4.39 Å². The van der Waals surface area contributed by atoms with Gasteiger partial charge in [-0.25, -0.2) is 4.39 Å². The number of anilines is 1. The summed E-state index contributed by atoms with van der Waals surface area (Å²) >= 11 is 0. The molecule has 0 atom stereocenters. The molecule has 96 valence electrons. The van der Waals surface area contributed by atoms with E-state index in [1.54, 1.807) is 12.1 Å². The fourth-order valence-electron chi connectivity index (χ4n) is 1.99. The van der Waals surface area contributed by atoms with Crippen molar-refractivity contribution in [2.75, 3.05) is 5.32 Å². The van der Waals surface area contributed by atoms with E-state index < -0.39 is 5.82 Å². The van der Waals surface area contributed by atoms with E-state index >= 15 is 0 Å². The van der Waals surface area contributed by atoms with Gasteiger partial charge in [0.2, 0.25) is 0 Å². The Balaban J connectivity index is 2.17. The third-order valence-electron chi connectivity index (χ3n) is 3.07.